The van der Waals surface area contributed by atoms with Gasteiger partial charge in [0.15, 0.2) is 9.84 Å². The van der Waals surface area contributed by atoms with Crippen LogP contribution in [-0.2, 0) is 29.0 Å². The number of rotatable bonds is 14. The number of hydrogen-bond acceptors (Lipinski definition) is 9. The Balaban J connectivity index is 1.52. The first kappa shape index (κ1) is 40.2. The number of hydrogen-bond donors (Lipinski definition) is 5. The molecule has 6 unspecified atom stereocenters. The molecule has 0 radical (unpaired) electrons. The number of sulfone groups is 1. The number of ketones is 1. The maximum absolute atomic E-state index is 14.1. The second kappa shape index (κ2) is 16.4. The van der Waals surface area contributed by atoms with Gasteiger partial charge in [0.1, 0.15) is 6.23 Å². The number of aliphatic hydroxyl groups is 1. The average Bonchev–Trinajstić information content (AvgIpc) is 3.42. The molecule has 2 aliphatic heterocycles. The molecule has 13 nitrogen and oxygen atoms in total. The fraction of sp³-hybridized carbons (Fsp3) is 0.833. The second-order valence-electron chi connectivity index (χ2n) is 16.4. The molecule has 14 heteroatoms. The van der Waals surface area contributed by atoms with E-state index in [0.717, 1.165) is 25.7 Å². The third-order valence-electron chi connectivity index (χ3n) is 11.6. The van der Waals surface area contributed by atoms with Crippen LogP contribution in [-0.4, -0.2) is 110 Å². The summed E-state index contributed by atoms with van der Waals surface area (Å²) in [5.74, 6) is -2.21. The molecule has 2 saturated heterocycles. The summed E-state index contributed by atoms with van der Waals surface area (Å²) in [5.41, 5.74) is -0.811. The molecule has 9 atom stereocenters. The molecule has 0 aromatic carbocycles. The number of fused-ring (bicyclic) bond motifs is 1. The summed E-state index contributed by atoms with van der Waals surface area (Å²) in [5, 5.41) is 22.8. The van der Waals surface area contributed by atoms with Crippen LogP contribution >= 0.6 is 0 Å². The van der Waals surface area contributed by atoms with Gasteiger partial charge in [0, 0.05) is 19.1 Å². The number of Topliss-reactive ketones (excluding diaryl/α,β-unsaturated/α-hetero) is 1. The summed E-state index contributed by atoms with van der Waals surface area (Å²) in [6, 6.07) is -3.49. The van der Waals surface area contributed by atoms with E-state index < -0.39 is 68.5 Å². The minimum atomic E-state index is -3.36. The molecular weight excluding hydrogens is 662 g/mol. The Bertz CT molecular complexity index is 1360. The minimum Gasteiger partial charge on any atom is -0.379 e. The van der Waals surface area contributed by atoms with Gasteiger partial charge in [-0.1, -0.05) is 79.7 Å². The number of nitrogens with zero attached hydrogens (tertiary/aromatic N) is 1. The maximum Gasteiger partial charge on any atom is 0.315 e. The van der Waals surface area contributed by atoms with Crippen LogP contribution in [0.2, 0.25) is 0 Å². The van der Waals surface area contributed by atoms with Crippen molar-refractivity contribution in [2.75, 3.05) is 32.1 Å². The van der Waals surface area contributed by atoms with Crippen molar-refractivity contribution in [3.63, 3.8) is 0 Å². The predicted octanol–water partition coefficient (Wildman–Crippen LogP) is 2.28. The summed E-state index contributed by atoms with van der Waals surface area (Å²) in [6.07, 6.45) is 5.93. The first-order valence-electron chi connectivity index (χ1n) is 18.5. The lowest BCUT2D eigenvalue weighted by molar-refractivity contribution is -0.142. The molecule has 2 heterocycles. The van der Waals surface area contributed by atoms with E-state index >= 15 is 0 Å². The topological polar surface area (TPSA) is 183 Å². The van der Waals surface area contributed by atoms with Gasteiger partial charge in [0.05, 0.1) is 42.3 Å². The zero-order valence-electron chi connectivity index (χ0n) is 30.8. The van der Waals surface area contributed by atoms with Crippen molar-refractivity contribution < 1.29 is 37.4 Å². The SMILES string of the molecule is C=CCNC(=O)C(=O)[C@H](CCCC)NC(=O)[C@@H]1C2C(CN1C(O)[C@@H](NC(=O)NC1CCCCCC1C1COCCS1(=O)=O)C(C)(C)C)C2(C)C. The van der Waals surface area contributed by atoms with Gasteiger partial charge in [-0.25, -0.2) is 13.2 Å². The number of amides is 4. The van der Waals surface area contributed by atoms with Gasteiger partial charge in [-0.3, -0.25) is 19.3 Å². The number of ether oxygens (including phenoxy) is 1. The average molecular weight is 724 g/mol. The molecule has 5 N–H and O–H groups in total. The molecule has 4 amide bonds. The molecule has 4 rings (SSSR count). The standard InChI is InChI=1S/C36H61N5O8S/c1-8-10-15-25(29(42)32(44)37-17-9-2)38-31(43)28-27-23(36(27,6)7)20-41(28)33(45)30(35(3,4)5)40-34(46)39-24-16-13-11-12-14-22(24)26-21-49-18-19-50(26,47)48/h9,22-28,30,33,45H,2,8,10-21H2,1,3-7H3,(H,37,44)(H,38,43)(H2,39,40,46)/t22?,23?,24?,25-,26?,27?,28-,30+,33?/m0/s1. The summed E-state index contributed by atoms with van der Waals surface area (Å²) < 4.78 is 31.7. The molecular formula is C36H61N5O8S. The Labute approximate surface area is 298 Å². The highest BCUT2D eigenvalue weighted by Crippen LogP contribution is 2.65. The molecule has 2 saturated carbocycles. The quantitative estimate of drug-likeness (QED) is 0.102. The number of carbonyl (C=O) groups is 4. The highest BCUT2D eigenvalue weighted by molar-refractivity contribution is 7.92. The first-order chi connectivity index (χ1) is 23.4. The van der Waals surface area contributed by atoms with Crippen molar-refractivity contribution in [3.8, 4) is 0 Å². The van der Waals surface area contributed by atoms with E-state index in [9.17, 15) is 32.7 Å². The number of likely N-dealkylation sites (tertiary alicyclic amines) is 1. The van der Waals surface area contributed by atoms with Crippen molar-refractivity contribution in [1.29, 1.82) is 0 Å². The smallest absolute Gasteiger partial charge is 0.315 e. The Morgan fingerprint density at radius 2 is 1.80 bits per heavy atom. The molecule has 0 aromatic rings. The van der Waals surface area contributed by atoms with Crippen LogP contribution in [0.25, 0.3) is 0 Å². The molecule has 2 aliphatic carbocycles. The fourth-order valence-electron chi connectivity index (χ4n) is 8.50. The van der Waals surface area contributed by atoms with Gasteiger partial charge in [-0.05, 0) is 47.8 Å². The van der Waals surface area contributed by atoms with Crippen molar-refractivity contribution in [2.45, 2.75) is 129 Å². The third kappa shape index (κ3) is 9.08. The van der Waals surface area contributed by atoms with Crippen LogP contribution in [0.3, 0.4) is 0 Å². The van der Waals surface area contributed by atoms with Gasteiger partial charge in [-0.15, -0.1) is 6.58 Å². The van der Waals surface area contributed by atoms with Gasteiger partial charge in [-0.2, -0.15) is 0 Å². The van der Waals surface area contributed by atoms with E-state index in [0.29, 0.717) is 32.2 Å². The van der Waals surface area contributed by atoms with E-state index in [1.54, 1.807) is 4.90 Å². The molecule has 50 heavy (non-hydrogen) atoms. The second-order valence-corrected chi connectivity index (χ2v) is 18.8. The van der Waals surface area contributed by atoms with Gasteiger partial charge in [0.25, 0.3) is 5.91 Å². The molecule has 0 bridgehead atoms. The molecule has 4 aliphatic rings. The van der Waals surface area contributed by atoms with Crippen LogP contribution in [0.5, 0.6) is 0 Å². The van der Waals surface area contributed by atoms with Crippen molar-refractivity contribution in [3.05, 3.63) is 12.7 Å². The van der Waals surface area contributed by atoms with E-state index in [4.69, 9.17) is 4.74 Å². The largest absolute Gasteiger partial charge is 0.379 e. The Morgan fingerprint density at radius 3 is 2.44 bits per heavy atom. The van der Waals surface area contributed by atoms with Crippen LogP contribution in [0.4, 0.5) is 4.79 Å². The number of aliphatic hydroxyl groups excluding tert-OH is 1. The fourth-order valence-corrected chi connectivity index (χ4v) is 10.3. The highest BCUT2D eigenvalue weighted by atomic mass is 32.2. The van der Waals surface area contributed by atoms with Crippen LogP contribution < -0.4 is 21.3 Å². The Hall–Kier alpha value is -2.55. The molecule has 0 spiro atoms. The Kier molecular flexibility index (Phi) is 13.2. The van der Waals surface area contributed by atoms with Crippen LogP contribution in [0, 0.1) is 28.6 Å². The van der Waals surface area contributed by atoms with E-state index in [2.05, 4.69) is 41.7 Å². The minimum absolute atomic E-state index is 0.0231. The van der Waals surface area contributed by atoms with Gasteiger partial charge >= 0.3 is 6.03 Å². The predicted molar refractivity (Wildman–Crippen MR) is 191 cm³/mol. The van der Waals surface area contributed by atoms with Crippen LogP contribution in [0.1, 0.15) is 92.9 Å². The lowest BCUT2D eigenvalue weighted by Gasteiger charge is -2.43. The highest BCUT2D eigenvalue weighted by Gasteiger charge is 2.69. The monoisotopic (exact) mass is 723 g/mol. The molecule has 0 aromatic heterocycles. The summed E-state index contributed by atoms with van der Waals surface area (Å²) >= 11 is 0. The van der Waals surface area contributed by atoms with Gasteiger partial charge in [0.2, 0.25) is 11.7 Å². The van der Waals surface area contributed by atoms with Crippen molar-refractivity contribution in [2.24, 2.45) is 28.6 Å². The van der Waals surface area contributed by atoms with E-state index in [1.165, 1.54) is 6.08 Å². The molecule has 284 valence electrons. The number of carbonyl (C=O) groups excluding carboxylic acids is 4. The zero-order chi connectivity index (χ0) is 37.0. The number of unbranched alkanes of at least 4 members (excludes halogenated alkanes) is 1. The zero-order valence-corrected chi connectivity index (χ0v) is 31.6. The van der Waals surface area contributed by atoms with E-state index in [-0.39, 0.29) is 54.7 Å². The molecule has 4 fully saturated rings. The third-order valence-corrected chi connectivity index (χ3v) is 13.7. The van der Waals surface area contributed by atoms with E-state index in [1.807, 2.05) is 27.7 Å². The normalized spacial score (nSPS) is 30.8. The lowest BCUT2D eigenvalue weighted by Crippen LogP contribution is -2.64. The first-order valence-corrected chi connectivity index (χ1v) is 20.2. The lowest BCUT2D eigenvalue weighted by atomic mass is 9.84. The number of urea groups is 1. The van der Waals surface area contributed by atoms with Gasteiger partial charge < -0.3 is 31.1 Å². The number of piperidine rings is 1. The van der Waals surface area contributed by atoms with Crippen molar-refractivity contribution >= 4 is 33.5 Å². The number of nitrogens with one attached hydrogen (secondary N) is 4. The van der Waals surface area contributed by atoms with Crippen LogP contribution in [0.15, 0.2) is 12.7 Å². The van der Waals surface area contributed by atoms with Crippen molar-refractivity contribution in [1.82, 2.24) is 26.2 Å². The maximum atomic E-state index is 14.1. The Morgan fingerprint density at radius 1 is 1.10 bits per heavy atom. The summed E-state index contributed by atoms with van der Waals surface area (Å²) in [6.45, 7) is 16.3. The summed E-state index contributed by atoms with van der Waals surface area (Å²) in [7, 11) is -3.36. The summed E-state index contributed by atoms with van der Waals surface area (Å²) in [4.78, 5) is 55.3.